The monoisotopic (exact) mass is 458 g/mol. The van der Waals surface area contributed by atoms with Crippen molar-refractivity contribution in [1.29, 1.82) is 0 Å². The topological polar surface area (TPSA) is 72.1 Å². The summed E-state index contributed by atoms with van der Waals surface area (Å²) in [7, 11) is 1.68. The Balaban J connectivity index is 1.50. The molecule has 2 aliphatic rings. The van der Waals surface area contributed by atoms with Crippen LogP contribution < -0.4 is 4.74 Å². The molecule has 1 aromatic heterocycles. The fraction of sp³-hybridized carbons (Fsp3) is 0.333. The number of aliphatic hydroxyl groups excluding tert-OH is 1. The predicted octanol–water partition coefficient (Wildman–Crippen LogP) is 4.21. The fourth-order valence-corrected chi connectivity index (χ4v) is 4.83. The van der Waals surface area contributed by atoms with Gasteiger partial charge in [0.05, 0.1) is 31.4 Å². The average Bonchev–Trinajstić information content (AvgIpc) is 3.30. The van der Waals surface area contributed by atoms with Crippen molar-refractivity contribution in [3.8, 4) is 11.4 Å². The number of piperidine rings is 1. The Morgan fingerprint density at radius 3 is 2.71 bits per heavy atom. The van der Waals surface area contributed by atoms with Crippen molar-refractivity contribution in [2.24, 2.45) is 5.16 Å². The molecule has 0 bridgehead atoms. The Labute approximate surface area is 199 Å². The zero-order valence-corrected chi connectivity index (χ0v) is 19.9. The number of aliphatic hydroxyl groups is 1. The second kappa shape index (κ2) is 8.99. The van der Waals surface area contributed by atoms with Crippen LogP contribution in [0.2, 0.25) is 0 Å². The maximum atomic E-state index is 10.6. The lowest BCUT2D eigenvalue weighted by Crippen LogP contribution is -2.59. The van der Waals surface area contributed by atoms with Crippen molar-refractivity contribution in [1.82, 2.24) is 14.5 Å². The molecule has 1 unspecified atom stereocenters. The Hall–Kier alpha value is -3.58. The molecule has 2 aromatic carbocycles. The van der Waals surface area contributed by atoms with E-state index in [-0.39, 0.29) is 6.61 Å². The third kappa shape index (κ3) is 3.86. The van der Waals surface area contributed by atoms with Gasteiger partial charge in [0.1, 0.15) is 17.9 Å². The van der Waals surface area contributed by atoms with E-state index in [0.29, 0.717) is 6.61 Å². The first kappa shape index (κ1) is 22.2. The van der Waals surface area contributed by atoms with Gasteiger partial charge >= 0.3 is 0 Å². The van der Waals surface area contributed by atoms with Gasteiger partial charge in [0.15, 0.2) is 5.84 Å². The smallest absolute Gasteiger partial charge is 0.172 e. The van der Waals surface area contributed by atoms with Gasteiger partial charge in [0.2, 0.25) is 0 Å². The lowest BCUT2D eigenvalue weighted by molar-refractivity contribution is -0.0382. The molecule has 3 heterocycles. The van der Waals surface area contributed by atoms with Crippen LogP contribution in [0.5, 0.6) is 5.75 Å². The molecule has 7 nitrogen and oxygen atoms in total. The summed E-state index contributed by atoms with van der Waals surface area (Å²) in [6.45, 7) is 5.11. The highest BCUT2D eigenvalue weighted by Gasteiger charge is 2.45. The van der Waals surface area contributed by atoms with Gasteiger partial charge in [0, 0.05) is 12.7 Å². The molecular weight excluding hydrogens is 428 g/mol. The van der Waals surface area contributed by atoms with Gasteiger partial charge in [0.25, 0.3) is 0 Å². The van der Waals surface area contributed by atoms with E-state index in [1.807, 2.05) is 29.8 Å². The minimum Gasteiger partial charge on any atom is -0.495 e. The van der Waals surface area contributed by atoms with Gasteiger partial charge in [-0.2, -0.15) is 0 Å². The van der Waals surface area contributed by atoms with E-state index in [1.165, 1.54) is 5.56 Å². The van der Waals surface area contributed by atoms with Crippen LogP contribution in [0.25, 0.3) is 11.8 Å². The molecule has 1 N–H and O–H groups in total. The molecule has 0 aliphatic carbocycles. The quantitative estimate of drug-likeness (QED) is 0.620. The maximum absolute atomic E-state index is 10.6. The van der Waals surface area contributed by atoms with Crippen LogP contribution in [0.15, 0.2) is 65.7 Å². The number of ether oxygens (including phenoxy) is 1. The molecule has 7 heteroatoms. The number of methoxy groups -OCH3 is 1. The third-order valence-corrected chi connectivity index (χ3v) is 6.73. The van der Waals surface area contributed by atoms with Gasteiger partial charge in [-0.15, -0.1) is 0 Å². The standard InChI is InChI=1S/C27H30N4O3/c1-19-6-9-23(10-7-19)27(16-32)17-34-29-26-22(5-4-12-31(26)27)13-21-8-11-24(25(14-21)33-3)30-15-20(2)28-18-30/h6-11,13-15,18,32H,4-5,12,16-17H2,1-3H3/b22-13+. The number of hydrogen-bond acceptors (Lipinski definition) is 6. The van der Waals surface area contributed by atoms with Crippen molar-refractivity contribution in [3.63, 3.8) is 0 Å². The minimum absolute atomic E-state index is 0.0464. The molecular formula is C27H30N4O3. The first-order valence-corrected chi connectivity index (χ1v) is 11.6. The van der Waals surface area contributed by atoms with E-state index < -0.39 is 5.54 Å². The highest BCUT2D eigenvalue weighted by Crippen LogP contribution is 2.38. The van der Waals surface area contributed by atoms with E-state index in [9.17, 15) is 5.11 Å². The minimum atomic E-state index is -0.648. The van der Waals surface area contributed by atoms with E-state index in [4.69, 9.17) is 9.57 Å². The lowest BCUT2D eigenvalue weighted by Gasteiger charge is -2.48. The van der Waals surface area contributed by atoms with Gasteiger partial charge in [-0.1, -0.05) is 41.1 Å². The number of benzene rings is 2. The number of aromatic nitrogens is 2. The first-order chi connectivity index (χ1) is 16.5. The highest BCUT2D eigenvalue weighted by molar-refractivity contribution is 6.03. The number of hydrogen-bond donors (Lipinski definition) is 1. The number of fused-ring (bicyclic) bond motifs is 1. The number of rotatable bonds is 5. The van der Waals surface area contributed by atoms with Gasteiger partial charge in [-0.25, -0.2) is 4.98 Å². The summed E-state index contributed by atoms with van der Waals surface area (Å²) in [5, 5.41) is 15.0. The summed E-state index contributed by atoms with van der Waals surface area (Å²) in [5.74, 6) is 1.56. The largest absolute Gasteiger partial charge is 0.495 e. The fourth-order valence-electron chi connectivity index (χ4n) is 4.83. The Morgan fingerprint density at radius 2 is 2.00 bits per heavy atom. The number of amidine groups is 1. The van der Waals surface area contributed by atoms with Crippen LogP contribution in [-0.4, -0.2) is 52.3 Å². The zero-order chi connectivity index (χ0) is 23.7. The van der Waals surface area contributed by atoms with Crippen molar-refractivity contribution < 1.29 is 14.7 Å². The van der Waals surface area contributed by atoms with E-state index in [0.717, 1.165) is 59.1 Å². The molecule has 0 saturated carbocycles. The Kier molecular flexibility index (Phi) is 5.87. The number of oxime groups is 1. The van der Waals surface area contributed by atoms with E-state index in [2.05, 4.69) is 58.4 Å². The summed E-state index contributed by atoms with van der Waals surface area (Å²) in [6, 6.07) is 14.5. The second-order valence-corrected chi connectivity index (χ2v) is 9.02. The zero-order valence-electron chi connectivity index (χ0n) is 19.9. The van der Waals surface area contributed by atoms with Crippen molar-refractivity contribution >= 4 is 11.9 Å². The van der Waals surface area contributed by atoms with Crippen LogP contribution in [0.3, 0.4) is 0 Å². The number of aryl methyl sites for hydroxylation is 2. The van der Waals surface area contributed by atoms with Crippen LogP contribution in [0, 0.1) is 13.8 Å². The third-order valence-electron chi connectivity index (χ3n) is 6.73. The molecule has 1 fully saturated rings. The molecule has 1 atom stereocenters. The van der Waals surface area contributed by atoms with E-state index >= 15 is 0 Å². The highest BCUT2D eigenvalue weighted by atomic mass is 16.6. The van der Waals surface area contributed by atoms with E-state index in [1.54, 1.807) is 13.4 Å². The summed E-state index contributed by atoms with van der Waals surface area (Å²) < 4.78 is 7.65. The lowest BCUT2D eigenvalue weighted by atomic mass is 9.85. The molecule has 0 spiro atoms. The van der Waals surface area contributed by atoms with Crippen LogP contribution in [0.1, 0.15) is 35.2 Å². The normalized spacial score (nSPS) is 21.1. The van der Waals surface area contributed by atoms with Crippen LogP contribution >= 0.6 is 0 Å². The molecule has 1 saturated heterocycles. The maximum Gasteiger partial charge on any atom is 0.172 e. The van der Waals surface area contributed by atoms with Gasteiger partial charge < -0.3 is 24.1 Å². The second-order valence-electron chi connectivity index (χ2n) is 9.02. The molecule has 176 valence electrons. The summed E-state index contributed by atoms with van der Waals surface area (Å²) >= 11 is 0. The Morgan fingerprint density at radius 1 is 1.18 bits per heavy atom. The summed E-state index contributed by atoms with van der Waals surface area (Å²) in [6.07, 6.45) is 7.77. The van der Waals surface area contributed by atoms with Crippen LogP contribution in [0.4, 0.5) is 0 Å². The molecule has 3 aromatic rings. The SMILES string of the molecule is COc1cc(/C=C2\CCCN3C2=NOCC3(CO)c2ccc(C)cc2)ccc1-n1cnc(C)c1. The Bertz CT molecular complexity index is 1250. The van der Waals surface area contributed by atoms with Gasteiger partial charge in [-0.3, -0.25) is 0 Å². The van der Waals surface area contributed by atoms with Crippen molar-refractivity contribution in [3.05, 3.63) is 82.9 Å². The van der Waals surface area contributed by atoms with Crippen molar-refractivity contribution in [2.45, 2.75) is 32.2 Å². The number of nitrogens with zero attached hydrogens (tertiary/aromatic N) is 4. The molecule has 0 amide bonds. The molecule has 34 heavy (non-hydrogen) atoms. The van der Waals surface area contributed by atoms with Crippen LogP contribution in [-0.2, 0) is 10.4 Å². The molecule has 5 rings (SSSR count). The average molecular weight is 459 g/mol. The van der Waals surface area contributed by atoms with Crippen molar-refractivity contribution in [2.75, 3.05) is 26.9 Å². The molecule has 2 aliphatic heterocycles. The number of imidazole rings is 1. The summed E-state index contributed by atoms with van der Waals surface area (Å²) in [5.41, 5.74) is 5.57. The summed E-state index contributed by atoms with van der Waals surface area (Å²) in [4.78, 5) is 12.3. The predicted molar refractivity (Wildman–Crippen MR) is 132 cm³/mol. The first-order valence-electron chi connectivity index (χ1n) is 11.6. The molecule has 0 radical (unpaired) electrons. The van der Waals surface area contributed by atoms with Gasteiger partial charge in [-0.05, 0) is 61.6 Å².